The van der Waals surface area contributed by atoms with Crippen LogP contribution in [0.25, 0.3) is 0 Å². The Morgan fingerprint density at radius 3 is 2.45 bits per heavy atom. The Labute approximate surface area is 133 Å². The fourth-order valence-corrected chi connectivity index (χ4v) is 3.58. The third-order valence-electron chi connectivity index (χ3n) is 3.14. The molecule has 4 nitrogen and oxygen atoms in total. The molecule has 0 aliphatic rings. The molecule has 0 fully saturated rings. The number of aliphatic hydroxyl groups is 1. The fraction of sp³-hybridized carbons (Fsp3) is 0.200. The molecule has 0 radical (unpaired) electrons. The van der Waals surface area contributed by atoms with Gasteiger partial charge in [-0.1, -0.05) is 41.9 Å². The van der Waals surface area contributed by atoms with Crippen LogP contribution in [0, 0.1) is 5.82 Å². The third-order valence-corrected chi connectivity index (χ3v) is 4.95. The average molecular weight is 344 g/mol. The first-order valence-corrected chi connectivity index (χ1v) is 8.38. The molecule has 0 saturated heterocycles. The SMILES string of the molecule is C[C@@H](NS(=O)(=O)c1cc(Cl)ccc1F)[C@H](O)c1ccccc1. The molecule has 118 valence electrons. The van der Waals surface area contributed by atoms with Crippen molar-refractivity contribution in [2.75, 3.05) is 0 Å². The van der Waals surface area contributed by atoms with E-state index in [1.165, 1.54) is 13.0 Å². The molecular weight excluding hydrogens is 329 g/mol. The number of hydrogen-bond acceptors (Lipinski definition) is 3. The van der Waals surface area contributed by atoms with Crippen molar-refractivity contribution in [2.45, 2.75) is 24.0 Å². The Kier molecular flexibility index (Phi) is 5.18. The van der Waals surface area contributed by atoms with Crippen LogP contribution in [-0.2, 0) is 10.0 Å². The molecule has 0 spiro atoms. The second-order valence-electron chi connectivity index (χ2n) is 4.84. The Morgan fingerprint density at radius 2 is 1.82 bits per heavy atom. The van der Waals surface area contributed by atoms with Gasteiger partial charge in [-0.15, -0.1) is 0 Å². The Hall–Kier alpha value is -1.47. The van der Waals surface area contributed by atoms with Crippen LogP contribution in [0.3, 0.4) is 0 Å². The topological polar surface area (TPSA) is 66.4 Å². The summed E-state index contributed by atoms with van der Waals surface area (Å²) >= 11 is 5.71. The molecule has 0 amide bonds. The first-order chi connectivity index (χ1) is 10.3. The second-order valence-corrected chi connectivity index (χ2v) is 6.96. The van der Waals surface area contributed by atoms with Crippen LogP contribution in [0.5, 0.6) is 0 Å². The standard InChI is InChI=1S/C15H15ClFNO3S/c1-10(15(19)11-5-3-2-4-6-11)18-22(20,21)14-9-12(16)7-8-13(14)17/h2-10,15,18-19H,1H3/t10-,15+/m1/s1. The van der Waals surface area contributed by atoms with Gasteiger partial charge >= 0.3 is 0 Å². The molecule has 0 aromatic heterocycles. The summed E-state index contributed by atoms with van der Waals surface area (Å²) in [6, 6.07) is 11.0. The minimum Gasteiger partial charge on any atom is -0.387 e. The van der Waals surface area contributed by atoms with Crippen LogP contribution in [0.4, 0.5) is 4.39 Å². The summed E-state index contributed by atoms with van der Waals surface area (Å²) in [5.41, 5.74) is 0.560. The van der Waals surface area contributed by atoms with Crippen LogP contribution in [-0.4, -0.2) is 19.6 Å². The van der Waals surface area contributed by atoms with Crippen molar-refractivity contribution in [2.24, 2.45) is 0 Å². The Balaban J connectivity index is 2.23. The predicted molar refractivity (Wildman–Crippen MR) is 82.6 cm³/mol. The lowest BCUT2D eigenvalue weighted by Crippen LogP contribution is -2.37. The Morgan fingerprint density at radius 1 is 1.18 bits per heavy atom. The van der Waals surface area contributed by atoms with E-state index in [1.54, 1.807) is 30.3 Å². The number of hydrogen-bond donors (Lipinski definition) is 2. The van der Waals surface area contributed by atoms with Crippen LogP contribution in [0.2, 0.25) is 5.02 Å². The van der Waals surface area contributed by atoms with Gasteiger partial charge in [0.2, 0.25) is 10.0 Å². The van der Waals surface area contributed by atoms with Crippen LogP contribution in [0.15, 0.2) is 53.4 Å². The highest BCUT2D eigenvalue weighted by molar-refractivity contribution is 7.89. The van der Waals surface area contributed by atoms with Gasteiger partial charge in [0.1, 0.15) is 10.7 Å². The van der Waals surface area contributed by atoms with E-state index in [9.17, 15) is 17.9 Å². The van der Waals surface area contributed by atoms with Crippen molar-refractivity contribution in [1.82, 2.24) is 4.72 Å². The smallest absolute Gasteiger partial charge is 0.243 e. The molecule has 0 aliphatic heterocycles. The van der Waals surface area contributed by atoms with E-state index in [0.717, 1.165) is 12.1 Å². The summed E-state index contributed by atoms with van der Waals surface area (Å²) in [5, 5.41) is 10.3. The zero-order chi connectivity index (χ0) is 16.3. The van der Waals surface area contributed by atoms with Crippen LogP contribution < -0.4 is 4.72 Å². The summed E-state index contributed by atoms with van der Waals surface area (Å²) in [7, 11) is -4.14. The van der Waals surface area contributed by atoms with Crippen LogP contribution >= 0.6 is 11.6 Å². The van der Waals surface area contributed by atoms with E-state index in [0.29, 0.717) is 5.56 Å². The largest absolute Gasteiger partial charge is 0.387 e. The number of aliphatic hydroxyl groups excluding tert-OH is 1. The molecule has 0 bridgehead atoms. The molecule has 2 aromatic rings. The van der Waals surface area contributed by atoms with Gasteiger partial charge in [-0.2, -0.15) is 0 Å². The first-order valence-electron chi connectivity index (χ1n) is 6.51. The van der Waals surface area contributed by atoms with Gasteiger partial charge in [0.25, 0.3) is 0 Å². The monoisotopic (exact) mass is 343 g/mol. The zero-order valence-electron chi connectivity index (χ0n) is 11.7. The number of benzene rings is 2. The van der Waals surface area contributed by atoms with Crippen LogP contribution in [0.1, 0.15) is 18.6 Å². The van der Waals surface area contributed by atoms with Gasteiger partial charge in [0.15, 0.2) is 0 Å². The summed E-state index contributed by atoms with van der Waals surface area (Å²) in [6.07, 6.45) is -1.06. The van der Waals surface area contributed by atoms with Crippen molar-refractivity contribution in [1.29, 1.82) is 0 Å². The van der Waals surface area contributed by atoms with Crippen molar-refractivity contribution < 1.29 is 17.9 Å². The minimum absolute atomic E-state index is 0.109. The van der Waals surface area contributed by atoms with E-state index in [-0.39, 0.29) is 5.02 Å². The third kappa shape index (κ3) is 3.84. The quantitative estimate of drug-likeness (QED) is 0.877. The molecule has 22 heavy (non-hydrogen) atoms. The predicted octanol–water partition coefficient (Wildman–Crippen LogP) is 2.88. The number of rotatable bonds is 5. The van der Waals surface area contributed by atoms with Gasteiger partial charge in [0.05, 0.1) is 6.10 Å². The van der Waals surface area contributed by atoms with Crippen molar-refractivity contribution in [3.63, 3.8) is 0 Å². The van der Waals surface area contributed by atoms with Gasteiger partial charge in [0, 0.05) is 11.1 Å². The lowest BCUT2D eigenvalue weighted by atomic mass is 10.0. The van der Waals surface area contributed by atoms with E-state index in [1.807, 2.05) is 0 Å². The molecular formula is C15H15ClFNO3S. The van der Waals surface area contributed by atoms with E-state index >= 15 is 0 Å². The normalized spacial score (nSPS) is 14.5. The molecule has 0 aliphatic carbocycles. The van der Waals surface area contributed by atoms with Crippen molar-refractivity contribution in [3.8, 4) is 0 Å². The average Bonchev–Trinajstić information content (AvgIpc) is 2.49. The summed E-state index contributed by atoms with van der Waals surface area (Å²) in [4.78, 5) is -0.549. The molecule has 2 rings (SSSR count). The lowest BCUT2D eigenvalue weighted by Gasteiger charge is -2.20. The molecule has 2 N–H and O–H groups in total. The molecule has 0 saturated carbocycles. The Bertz CT molecular complexity index is 753. The second kappa shape index (κ2) is 6.75. The number of halogens is 2. The minimum atomic E-state index is -4.14. The first kappa shape index (κ1) is 16.9. The lowest BCUT2D eigenvalue weighted by molar-refractivity contribution is 0.146. The maximum atomic E-state index is 13.7. The van der Waals surface area contributed by atoms with Gasteiger partial charge in [-0.3, -0.25) is 0 Å². The summed E-state index contributed by atoms with van der Waals surface area (Å²) in [5.74, 6) is -0.904. The highest BCUT2D eigenvalue weighted by atomic mass is 35.5. The summed E-state index contributed by atoms with van der Waals surface area (Å²) in [6.45, 7) is 1.50. The van der Waals surface area contributed by atoms with Crippen molar-refractivity contribution >= 4 is 21.6 Å². The van der Waals surface area contributed by atoms with E-state index in [2.05, 4.69) is 4.72 Å². The number of sulfonamides is 1. The van der Waals surface area contributed by atoms with Gasteiger partial charge in [-0.25, -0.2) is 17.5 Å². The maximum Gasteiger partial charge on any atom is 0.243 e. The van der Waals surface area contributed by atoms with Gasteiger partial charge in [-0.05, 0) is 30.7 Å². The van der Waals surface area contributed by atoms with E-state index < -0.39 is 32.9 Å². The van der Waals surface area contributed by atoms with Gasteiger partial charge < -0.3 is 5.11 Å². The fourth-order valence-electron chi connectivity index (χ4n) is 1.99. The molecule has 0 unspecified atom stereocenters. The highest BCUT2D eigenvalue weighted by Crippen LogP contribution is 2.22. The molecule has 0 heterocycles. The molecule has 7 heteroatoms. The molecule has 2 atom stereocenters. The van der Waals surface area contributed by atoms with Crippen molar-refractivity contribution in [3.05, 3.63) is 64.9 Å². The zero-order valence-corrected chi connectivity index (χ0v) is 13.3. The van der Waals surface area contributed by atoms with E-state index in [4.69, 9.17) is 11.6 Å². The highest BCUT2D eigenvalue weighted by Gasteiger charge is 2.25. The summed E-state index contributed by atoms with van der Waals surface area (Å²) < 4.78 is 40.4. The molecule has 2 aromatic carbocycles. The maximum absolute atomic E-state index is 13.7. The number of nitrogens with one attached hydrogen (secondary N) is 1.